The third kappa shape index (κ3) is 4.32. The molecule has 0 bridgehead atoms. The molecule has 1 rings (SSSR count). The van der Waals surface area contributed by atoms with E-state index >= 15 is 0 Å². The van der Waals surface area contributed by atoms with Crippen LogP contribution in [0.1, 0.15) is 31.9 Å². The quantitative estimate of drug-likeness (QED) is 0.890. The Bertz CT molecular complexity index is 377. The van der Waals surface area contributed by atoms with Gasteiger partial charge in [-0.25, -0.2) is 0 Å². The lowest BCUT2D eigenvalue weighted by atomic mass is 10.1. The highest BCUT2D eigenvalue weighted by atomic mass is 79.9. The molecule has 0 atom stereocenters. The van der Waals surface area contributed by atoms with Crippen LogP contribution in [0.4, 0.5) is 0 Å². The Hall–Kier alpha value is -0.540. The molecule has 0 saturated heterocycles. The molecule has 3 heteroatoms. The van der Waals surface area contributed by atoms with E-state index in [2.05, 4.69) is 41.6 Å². The zero-order valence-electron chi connectivity index (χ0n) is 11.1. The Morgan fingerprint density at radius 3 is 2.53 bits per heavy atom. The van der Waals surface area contributed by atoms with Crippen LogP contribution in [0.5, 0.6) is 5.75 Å². The van der Waals surface area contributed by atoms with Gasteiger partial charge in [-0.05, 0) is 37.1 Å². The minimum Gasteiger partial charge on any atom is -0.507 e. The minimum atomic E-state index is 0.426. The summed E-state index contributed by atoms with van der Waals surface area (Å²) in [5.74, 6) is 1.07. The zero-order valence-corrected chi connectivity index (χ0v) is 12.7. The second kappa shape index (κ2) is 6.41. The van der Waals surface area contributed by atoms with Crippen molar-refractivity contribution in [1.82, 2.24) is 4.90 Å². The molecule has 0 radical (unpaired) electrons. The normalized spacial score (nSPS) is 11.5. The standard InChI is InChI=1S/C14H22BrNO/c1-5-16(8-10(2)3)9-12-7-13(15)6-11(4)14(12)17/h6-7,10,17H,5,8-9H2,1-4H3. The van der Waals surface area contributed by atoms with Crippen LogP contribution in [-0.2, 0) is 6.54 Å². The Balaban J connectivity index is 2.85. The van der Waals surface area contributed by atoms with Crippen LogP contribution in [0, 0.1) is 12.8 Å². The first kappa shape index (κ1) is 14.5. The molecular formula is C14H22BrNO. The average Bonchev–Trinajstić information content (AvgIpc) is 2.23. The molecule has 2 nitrogen and oxygen atoms in total. The third-order valence-corrected chi connectivity index (χ3v) is 3.27. The maximum absolute atomic E-state index is 10.1. The molecule has 0 aliphatic rings. The molecule has 1 N–H and O–H groups in total. The highest BCUT2D eigenvalue weighted by molar-refractivity contribution is 9.10. The number of nitrogens with zero attached hydrogens (tertiary/aromatic N) is 1. The van der Waals surface area contributed by atoms with Gasteiger partial charge in [0.25, 0.3) is 0 Å². The van der Waals surface area contributed by atoms with Gasteiger partial charge < -0.3 is 5.11 Å². The monoisotopic (exact) mass is 299 g/mol. The van der Waals surface area contributed by atoms with Crippen LogP contribution in [-0.4, -0.2) is 23.1 Å². The first-order chi connectivity index (χ1) is 7.93. The summed E-state index contributed by atoms with van der Waals surface area (Å²) in [4.78, 5) is 2.35. The van der Waals surface area contributed by atoms with E-state index in [9.17, 15) is 5.11 Å². The van der Waals surface area contributed by atoms with Gasteiger partial charge in [0.15, 0.2) is 0 Å². The number of rotatable bonds is 5. The summed E-state index contributed by atoms with van der Waals surface area (Å²) >= 11 is 3.48. The van der Waals surface area contributed by atoms with Crippen LogP contribution < -0.4 is 0 Å². The number of phenols is 1. The Labute approximate surface area is 113 Å². The van der Waals surface area contributed by atoms with Crippen LogP contribution in [0.2, 0.25) is 0 Å². The summed E-state index contributed by atoms with van der Waals surface area (Å²) < 4.78 is 1.03. The number of halogens is 1. The predicted molar refractivity (Wildman–Crippen MR) is 76.3 cm³/mol. The lowest BCUT2D eigenvalue weighted by Crippen LogP contribution is -2.27. The predicted octanol–water partition coefficient (Wildman–Crippen LogP) is 3.94. The molecule has 0 aliphatic heterocycles. The zero-order chi connectivity index (χ0) is 13.0. The molecular weight excluding hydrogens is 278 g/mol. The van der Waals surface area contributed by atoms with E-state index in [0.717, 1.165) is 35.2 Å². The highest BCUT2D eigenvalue weighted by Gasteiger charge is 2.11. The summed E-state index contributed by atoms with van der Waals surface area (Å²) in [7, 11) is 0. The number of hydrogen-bond donors (Lipinski definition) is 1. The molecule has 0 spiro atoms. The van der Waals surface area contributed by atoms with Crippen LogP contribution in [0.25, 0.3) is 0 Å². The molecule has 17 heavy (non-hydrogen) atoms. The number of phenolic OH excluding ortho intramolecular Hbond substituents is 1. The Morgan fingerprint density at radius 1 is 1.35 bits per heavy atom. The summed E-state index contributed by atoms with van der Waals surface area (Å²) in [6.07, 6.45) is 0. The largest absolute Gasteiger partial charge is 0.507 e. The molecule has 96 valence electrons. The smallest absolute Gasteiger partial charge is 0.123 e. The SMILES string of the molecule is CCN(Cc1cc(Br)cc(C)c1O)CC(C)C. The van der Waals surface area contributed by atoms with Gasteiger partial charge in [0.1, 0.15) is 5.75 Å². The lowest BCUT2D eigenvalue weighted by Gasteiger charge is -2.23. The topological polar surface area (TPSA) is 23.5 Å². The van der Waals surface area contributed by atoms with Gasteiger partial charge in [-0.15, -0.1) is 0 Å². The molecule has 0 aromatic heterocycles. The average molecular weight is 300 g/mol. The van der Waals surface area contributed by atoms with E-state index in [1.165, 1.54) is 0 Å². The molecule has 0 amide bonds. The van der Waals surface area contributed by atoms with Crippen LogP contribution >= 0.6 is 15.9 Å². The van der Waals surface area contributed by atoms with Crippen molar-refractivity contribution in [3.8, 4) is 5.75 Å². The number of benzene rings is 1. The second-order valence-electron chi connectivity index (χ2n) is 4.95. The molecule has 0 fully saturated rings. The van der Waals surface area contributed by atoms with Gasteiger partial charge in [0, 0.05) is 23.1 Å². The van der Waals surface area contributed by atoms with E-state index in [-0.39, 0.29) is 0 Å². The molecule has 1 aromatic carbocycles. The van der Waals surface area contributed by atoms with Crippen molar-refractivity contribution in [2.24, 2.45) is 5.92 Å². The summed E-state index contributed by atoms with van der Waals surface area (Å²) in [5.41, 5.74) is 1.93. The van der Waals surface area contributed by atoms with Gasteiger partial charge in [-0.2, -0.15) is 0 Å². The van der Waals surface area contributed by atoms with Crippen LogP contribution in [0.15, 0.2) is 16.6 Å². The van der Waals surface area contributed by atoms with Gasteiger partial charge in [0.05, 0.1) is 0 Å². The minimum absolute atomic E-state index is 0.426. The van der Waals surface area contributed by atoms with Crippen molar-refractivity contribution in [3.63, 3.8) is 0 Å². The van der Waals surface area contributed by atoms with Gasteiger partial charge in [0.2, 0.25) is 0 Å². The second-order valence-corrected chi connectivity index (χ2v) is 5.87. The molecule has 0 unspecified atom stereocenters. The fourth-order valence-corrected chi connectivity index (χ4v) is 2.61. The van der Waals surface area contributed by atoms with Gasteiger partial charge >= 0.3 is 0 Å². The van der Waals surface area contributed by atoms with Crippen molar-refractivity contribution in [2.75, 3.05) is 13.1 Å². The van der Waals surface area contributed by atoms with Crippen LogP contribution in [0.3, 0.4) is 0 Å². The van der Waals surface area contributed by atoms with Crippen molar-refractivity contribution < 1.29 is 5.11 Å². The highest BCUT2D eigenvalue weighted by Crippen LogP contribution is 2.27. The third-order valence-electron chi connectivity index (χ3n) is 2.81. The first-order valence-electron chi connectivity index (χ1n) is 6.14. The van der Waals surface area contributed by atoms with E-state index in [1.807, 2.05) is 19.1 Å². The number of aromatic hydroxyl groups is 1. The maximum atomic E-state index is 10.1. The van der Waals surface area contributed by atoms with E-state index < -0.39 is 0 Å². The summed E-state index contributed by atoms with van der Waals surface area (Å²) in [5, 5.41) is 10.1. The van der Waals surface area contributed by atoms with Crippen molar-refractivity contribution >= 4 is 15.9 Å². The van der Waals surface area contributed by atoms with Crippen molar-refractivity contribution in [1.29, 1.82) is 0 Å². The fraction of sp³-hybridized carbons (Fsp3) is 0.571. The molecule has 0 saturated carbocycles. The summed E-state index contributed by atoms with van der Waals surface area (Å²) in [6.45, 7) is 11.4. The van der Waals surface area contributed by atoms with Gasteiger partial charge in [-0.3, -0.25) is 4.90 Å². The molecule has 0 heterocycles. The Morgan fingerprint density at radius 2 is 2.00 bits per heavy atom. The fourth-order valence-electron chi connectivity index (χ4n) is 1.99. The molecule has 1 aromatic rings. The van der Waals surface area contributed by atoms with Crippen molar-refractivity contribution in [2.45, 2.75) is 34.2 Å². The Kier molecular flexibility index (Phi) is 5.47. The summed E-state index contributed by atoms with van der Waals surface area (Å²) in [6, 6.07) is 3.95. The lowest BCUT2D eigenvalue weighted by molar-refractivity contribution is 0.245. The maximum Gasteiger partial charge on any atom is 0.123 e. The molecule has 0 aliphatic carbocycles. The van der Waals surface area contributed by atoms with E-state index in [1.54, 1.807) is 0 Å². The van der Waals surface area contributed by atoms with Gasteiger partial charge in [-0.1, -0.05) is 36.7 Å². The van der Waals surface area contributed by atoms with E-state index in [0.29, 0.717) is 11.7 Å². The van der Waals surface area contributed by atoms with E-state index in [4.69, 9.17) is 0 Å². The first-order valence-corrected chi connectivity index (χ1v) is 6.93. The van der Waals surface area contributed by atoms with Crippen molar-refractivity contribution in [3.05, 3.63) is 27.7 Å². The number of aryl methyl sites for hydroxylation is 1. The number of hydrogen-bond acceptors (Lipinski definition) is 2.